The van der Waals surface area contributed by atoms with Gasteiger partial charge in [-0.05, 0) is 42.5 Å². The van der Waals surface area contributed by atoms with Crippen molar-refractivity contribution in [1.29, 1.82) is 0 Å². The first-order valence-electron chi connectivity index (χ1n) is 10.5. The Kier molecular flexibility index (Phi) is 7.29. The van der Waals surface area contributed by atoms with Gasteiger partial charge in [-0.25, -0.2) is 0 Å². The zero-order valence-corrected chi connectivity index (χ0v) is 19.7. The van der Waals surface area contributed by atoms with Gasteiger partial charge >= 0.3 is 5.97 Å². The third-order valence-electron chi connectivity index (χ3n) is 5.54. The molecule has 2 heterocycles. The quantitative estimate of drug-likeness (QED) is 0.624. The number of methoxy groups -OCH3 is 1. The van der Waals surface area contributed by atoms with Crippen LogP contribution in [-0.2, 0) is 19.1 Å². The molecule has 0 bridgehead atoms. The van der Waals surface area contributed by atoms with Gasteiger partial charge < -0.3 is 24.6 Å². The number of hydrogen-bond acceptors (Lipinski definition) is 7. The molecule has 2 aliphatic rings. The van der Waals surface area contributed by atoms with Crippen molar-refractivity contribution in [2.45, 2.75) is 16.6 Å². The molecule has 0 aliphatic carbocycles. The van der Waals surface area contributed by atoms with E-state index in [-0.39, 0.29) is 24.8 Å². The van der Waals surface area contributed by atoms with E-state index in [1.165, 1.54) is 11.8 Å². The predicted molar refractivity (Wildman–Crippen MR) is 127 cm³/mol. The number of anilines is 2. The van der Waals surface area contributed by atoms with Gasteiger partial charge in [-0.3, -0.25) is 14.4 Å². The molecule has 1 atom stereocenters. The van der Waals surface area contributed by atoms with Crippen LogP contribution < -0.4 is 15.0 Å². The summed E-state index contributed by atoms with van der Waals surface area (Å²) >= 11 is 7.24. The molecule has 0 aromatic heterocycles. The number of halogens is 1. The second-order valence-electron chi connectivity index (χ2n) is 7.67. The minimum Gasteiger partial charge on any atom is -0.497 e. The van der Waals surface area contributed by atoms with Gasteiger partial charge in [0, 0.05) is 41.8 Å². The van der Waals surface area contributed by atoms with Crippen LogP contribution >= 0.6 is 23.4 Å². The normalized spacial score (nSPS) is 17.8. The van der Waals surface area contributed by atoms with Crippen LogP contribution in [0.25, 0.3) is 0 Å². The molecule has 4 rings (SSSR count). The maximum absolute atomic E-state index is 12.5. The lowest BCUT2D eigenvalue weighted by atomic mass is 10.2. The number of nitrogens with one attached hydrogen (secondary N) is 1. The Morgan fingerprint density at radius 1 is 1.12 bits per heavy atom. The van der Waals surface area contributed by atoms with Gasteiger partial charge in [0.05, 0.1) is 24.5 Å². The smallest absolute Gasteiger partial charge is 0.307 e. The van der Waals surface area contributed by atoms with Gasteiger partial charge in [-0.2, -0.15) is 0 Å². The maximum atomic E-state index is 12.5. The molecule has 2 aromatic carbocycles. The molecule has 2 amide bonds. The Hall–Kier alpha value is -2.91. The van der Waals surface area contributed by atoms with E-state index in [1.807, 2.05) is 24.3 Å². The monoisotopic (exact) mass is 489 g/mol. The summed E-state index contributed by atoms with van der Waals surface area (Å²) in [5, 5.41) is 2.67. The third kappa shape index (κ3) is 5.72. The fourth-order valence-corrected chi connectivity index (χ4v) is 4.96. The fraction of sp³-hybridized carbons (Fsp3) is 0.348. The van der Waals surface area contributed by atoms with Gasteiger partial charge in [0.2, 0.25) is 5.91 Å². The second kappa shape index (κ2) is 10.4. The van der Waals surface area contributed by atoms with Crippen LogP contribution in [0.2, 0.25) is 5.02 Å². The van der Waals surface area contributed by atoms with Gasteiger partial charge in [0.15, 0.2) is 6.61 Å². The van der Waals surface area contributed by atoms with E-state index in [1.54, 1.807) is 30.2 Å². The first-order valence-corrected chi connectivity index (χ1v) is 11.8. The highest BCUT2D eigenvalue weighted by Crippen LogP contribution is 2.38. The van der Waals surface area contributed by atoms with Crippen molar-refractivity contribution >= 4 is 52.5 Å². The topological polar surface area (TPSA) is 88.2 Å². The van der Waals surface area contributed by atoms with Crippen molar-refractivity contribution in [2.24, 2.45) is 0 Å². The molecule has 33 heavy (non-hydrogen) atoms. The lowest BCUT2D eigenvalue weighted by Crippen LogP contribution is -2.50. The predicted octanol–water partition coefficient (Wildman–Crippen LogP) is 3.04. The van der Waals surface area contributed by atoms with Crippen LogP contribution in [0.15, 0.2) is 47.4 Å². The molecule has 2 aromatic rings. The highest BCUT2D eigenvalue weighted by molar-refractivity contribution is 8.01. The zero-order chi connectivity index (χ0) is 23.4. The summed E-state index contributed by atoms with van der Waals surface area (Å²) in [6.07, 6.45) is -0.114. The fourth-order valence-electron chi connectivity index (χ4n) is 3.71. The number of piperazine rings is 1. The van der Waals surface area contributed by atoms with Crippen molar-refractivity contribution in [3.8, 4) is 5.75 Å². The van der Waals surface area contributed by atoms with Crippen LogP contribution in [-0.4, -0.2) is 67.8 Å². The summed E-state index contributed by atoms with van der Waals surface area (Å²) in [4.78, 5) is 41.8. The van der Waals surface area contributed by atoms with E-state index >= 15 is 0 Å². The number of nitrogens with zero attached hydrogens (tertiary/aromatic N) is 2. The number of amides is 2. The number of hydrogen-bond donors (Lipinski definition) is 1. The van der Waals surface area contributed by atoms with Crippen molar-refractivity contribution in [3.05, 3.63) is 47.5 Å². The minimum absolute atomic E-state index is 0.114. The van der Waals surface area contributed by atoms with Gasteiger partial charge in [-0.1, -0.05) is 11.6 Å². The van der Waals surface area contributed by atoms with Crippen LogP contribution in [0.5, 0.6) is 5.75 Å². The molecule has 0 radical (unpaired) electrons. The molecule has 174 valence electrons. The van der Waals surface area contributed by atoms with Crippen LogP contribution in [0, 0.1) is 0 Å². The number of carbonyl (C=O) groups is 3. The Labute approximate surface area is 201 Å². The van der Waals surface area contributed by atoms with E-state index in [0.717, 1.165) is 16.3 Å². The number of thioether (sulfide) groups is 1. The molecule has 1 N–H and O–H groups in total. The Balaban J connectivity index is 1.22. The van der Waals surface area contributed by atoms with Crippen LogP contribution in [0.3, 0.4) is 0 Å². The number of fused-ring (bicyclic) bond motifs is 1. The van der Waals surface area contributed by atoms with Crippen molar-refractivity contribution < 1.29 is 23.9 Å². The van der Waals surface area contributed by atoms with Crippen LogP contribution in [0.1, 0.15) is 6.42 Å². The van der Waals surface area contributed by atoms with E-state index in [0.29, 0.717) is 36.9 Å². The van der Waals surface area contributed by atoms with E-state index in [2.05, 4.69) is 10.2 Å². The summed E-state index contributed by atoms with van der Waals surface area (Å²) in [5.41, 5.74) is 1.70. The maximum Gasteiger partial charge on any atom is 0.307 e. The van der Waals surface area contributed by atoms with Crippen molar-refractivity contribution in [1.82, 2.24) is 4.90 Å². The molecule has 1 fully saturated rings. The standard InChI is InChI=1S/C23H24ClN3O5S/c1-31-17-5-3-16(4-6-17)26-8-10-27(11-9-26)21(28)14-32-22(29)13-20-23(30)25-18-12-15(24)2-7-19(18)33-20/h2-7,12,20H,8-11,13-14H2,1H3,(H,25,30). The SMILES string of the molecule is COc1ccc(N2CCN(C(=O)COC(=O)CC3Sc4ccc(Cl)cc4NC3=O)CC2)cc1. The van der Waals surface area contributed by atoms with Gasteiger partial charge in [0.1, 0.15) is 5.75 Å². The number of benzene rings is 2. The molecular weight excluding hydrogens is 466 g/mol. The van der Waals surface area contributed by atoms with Gasteiger partial charge in [0.25, 0.3) is 5.91 Å². The molecular formula is C23H24ClN3O5S. The molecule has 10 heteroatoms. The lowest BCUT2D eigenvalue weighted by Gasteiger charge is -2.36. The van der Waals surface area contributed by atoms with E-state index in [9.17, 15) is 14.4 Å². The first kappa shape index (κ1) is 23.3. The average molecular weight is 490 g/mol. The molecule has 8 nitrogen and oxygen atoms in total. The summed E-state index contributed by atoms with van der Waals surface area (Å²) < 4.78 is 10.4. The average Bonchev–Trinajstić information content (AvgIpc) is 2.83. The molecule has 1 unspecified atom stereocenters. The summed E-state index contributed by atoms with van der Waals surface area (Å²) in [5.74, 6) is -0.302. The Morgan fingerprint density at radius 3 is 2.55 bits per heavy atom. The number of esters is 1. The highest BCUT2D eigenvalue weighted by Gasteiger charge is 2.30. The zero-order valence-electron chi connectivity index (χ0n) is 18.1. The van der Waals surface area contributed by atoms with E-state index in [4.69, 9.17) is 21.1 Å². The van der Waals surface area contributed by atoms with Crippen molar-refractivity contribution in [2.75, 3.05) is 50.1 Å². The van der Waals surface area contributed by atoms with E-state index < -0.39 is 11.2 Å². The minimum atomic E-state index is -0.616. The lowest BCUT2D eigenvalue weighted by molar-refractivity contribution is -0.152. The number of rotatable bonds is 6. The third-order valence-corrected chi connectivity index (χ3v) is 7.05. The Bertz CT molecular complexity index is 1040. The van der Waals surface area contributed by atoms with Crippen molar-refractivity contribution in [3.63, 3.8) is 0 Å². The Morgan fingerprint density at radius 2 is 1.85 bits per heavy atom. The highest BCUT2D eigenvalue weighted by atomic mass is 35.5. The van der Waals surface area contributed by atoms with Gasteiger partial charge in [-0.15, -0.1) is 11.8 Å². The summed E-state index contributed by atoms with van der Waals surface area (Å²) in [6, 6.07) is 13.0. The number of ether oxygens (including phenoxy) is 2. The first-order chi connectivity index (χ1) is 15.9. The summed E-state index contributed by atoms with van der Waals surface area (Å²) in [7, 11) is 1.63. The van der Waals surface area contributed by atoms with Crippen LogP contribution in [0.4, 0.5) is 11.4 Å². The summed E-state index contributed by atoms with van der Waals surface area (Å²) in [6.45, 7) is 2.14. The second-order valence-corrected chi connectivity index (χ2v) is 9.35. The molecule has 0 spiro atoms. The number of carbonyl (C=O) groups excluding carboxylic acids is 3. The molecule has 2 aliphatic heterocycles. The molecule has 1 saturated heterocycles. The molecule has 0 saturated carbocycles. The largest absolute Gasteiger partial charge is 0.497 e.